The molecule has 116 valence electrons. The van der Waals surface area contributed by atoms with Crippen LogP contribution in [0.2, 0.25) is 0 Å². The number of primary amides is 1. The third-order valence-electron chi connectivity index (χ3n) is 3.38. The first-order valence-electron chi connectivity index (χ1n) is 6.86. The number of anilines is 1. The van der Waals surface area contributed by atoms with Gasteiger partial charge < -0.3 is 20.2 Å². The molecule has 3 aromatic rings. The molecule has 0 saturated carbocycles. The Bertz CT molecular complexity index is 881. The van der Waals surface area contributed by atoms with E-state index in [1.807, 2.05) is 12.1 Å². The molecular weight excluding hydrogens is 296 g/mol. The summed E-state index contributed by atoms with van der Waals surface area (Å²) in [5.41, 5.74) is 6.60. The van der Waals surface area contributed by atoms with Crippen LogP contribution in [0.3, 0.4) is 0 Å². The first-order valence-corrected chi connectivity index (χ1v) is 6.86. The summed E-state index contributed by atoms with van der Waals surface area (Å²) in [6.45, 7) is 0. The van der Waals surface area contributed by atoms with Crippen molar-refractivity contribution in [2.24, 2.45) is 5.73 Å². The van der Waals surface area contributed by atoms with Crippen molar-refractivity contribution in [2.45, 2.75) is 0 Å². The highest BCUT2D eigenvalue weighted by molar-refractivity contribution is 6.05. The standard InChI is InChI=1S/C17H14N2O4/c1-22-13-4-2-3-11-9-14(23-15(11)13)17(21)19-12-7-5-10(6-8-12)16(18)20/h2-9H,1H3,(H2,18,20)(H,19,21). The highest BCUT2D eigenvalue weighted by Gasteiger charge is 2.15. The van der Waals surface area contributed by atoms with E-state index in [0.717, 1.165) is 5.39 Å². The van der Waals surface area contributed by atoms with Gasteiger partial charge in [0.25, 0.3) is 5.91 Å². The normalized spacial score (nSPS) is 10.5. The van der Waals surface area contributed by atoms with Gasteiger partial charge in [0, 0.05) is 16.6 Å². The van der Waals surface area contributed by atoms with Crippen molar-refractivity contribution in [3.05, 3.63) is 59.9 Å². The molecule has 3 N–H and O–H groups in total. The number of ether oxygens (including phenoxy) is 1. The van der Waals surface area contributed by atoms with Crippen molar-refractivity contribution in [1.82, 2.24) is 0 Å². The molecule has 6 heteroatoms. The number of rotatable bonds is 4. The molecule has 0 fully saturated rings. The predicted octanol–water partition coefficient (Wildman–Crippen LogP) is 2.79. The van der Waals surface area contributed by atoms with Gasteiger partial charge in [0.05, 0.1) is 7.11 Å². The van der Waals surface area contributed by atoms with Crippen molar-refractivity contribution in [1.29, 1.82) is 0 Å². The maximum Gasteiger partial charge on any atom is 0.291 e. The number of hydrogen-bond donors (Lipinski definition) is 2. The van der Waals surface area contributed by atoms with Gasteiger partial charge in [-0.15, -0.1) is 0 Å². The van der Waals surface area contributed by atoms with Crippen LogP contribution in [0, 0.1) is 0 Å². The summed E-state index contributed by atoms with van der Waals surface area (Å²) >= 11 is 0. The highest BCUT2D eigenvalue weighted by Crippen LogP contribution is 2.28. The van der Waals surface area contributed by atoms with Crippen LogP contribution in [0.5, 0.6) is 5.75 Å². The van der Waals surface area contributed by atoms with Gasteiger partial charge in [0.15, 0.2) is 17.1 Å². The molecule has 1 aromatic heterocycles. The van der Waals surface area contributed by atoms with Crippen LogP contribution in [0.25, 0.3) is 11.0 Å². The van der Waals surface area contributed by atoms with Crippen LogP contribution in [-0.4, -0.2) is 18.9 Å². The Kier molecular flexibility index (Phi) is 3.72. The molecule has 0 radical (unpaired) electrons. The van der Waals surface area contributed by atoms with E-state index in [2.05, 4.69) is 5.32 Å². The summed E-state index contributed by atoms with van der Waals surface area (Å²) in [6, 6.07) is 13.3. The number of fused-ring (bicyclic) bond motifs is 1. The monoisotopic (exact) mass is 310 g/mol. The quantitative estimate of drug-likeness (QED) is 0.774. The largest absolute Gasteiger partial charge is 0.493 e. The summed E-state index contributed by atoms with van der Waals surface area (Å²) in [5.74, 6) is -0.182. The molecule has 23 heavy (non-hydrogen) atoms. The van der Waals surface area contributed by atoms with Crippen molar-refractivity contribution in [2.75, 3.05) is 12.4 Å². The van der Waals surface area contributed by atoms with E-state index in [1.165, 1.54) is 7.11 Å². The Morgan fingerprint density at radius 1 is 1.13 bits per heavy atom. The van der Waals surface area contributed by atoms with Gasteiger partial charge in [-0.05, 0) is 36.4 Å². The Morgan fingerprint density at radius 3 is 2.52 bits per heavy atom. The number of furan rings is 1. The Hall–Kier alpha value is -3.28. The van der Waals surface area contributed by atoms with E-state index >= 15 is 0 Å². The van der Waals surface area contributed by atoms with Crippen molar-refractivity contribution < 1.29 is 18.7 Å². The molecule has 0 atom stereocenters. The number of para-hydroxylation sites is 1. The Balaban J connectivity index is 1.84. The van der Waals surface area contributed by atoms with E-state index in [-0.39, 0.29) is 5.76 Å². The zero-order valence-corrected chi connectivity index (χ0v) is 12.3. The molecule has 0 unspecified atom stereocenters. The zero-order valence-electron chi connectivity index (χ0n) is 12.3. The smallest absolute Gasteiger partial charge is 0.291 e. The lowest BCUT2D eigenvalue weighted by Gasteiger charge is -2.03. The van der Waals surface area contributed by atoms with Gasteiger partial charge >= 0.3 is 0 Å². The number of carbonyl (C=O) groups is 2. The fourth-order valence-electron chi connectivity index (χ4n) is 2.22. The number of benzene rings is 2. The highest BCUT2D eigenvalue weighted by atomic mass is 16.5. The number of nitrogens with two attached hydrogens (primary N) is 1. The molecule has 6 nitrogen and oxygen atoms in total. The first kappa shape index (κ1) is 14.6. The minimum absolute atomic E-state index is 0.170. The summed E-state index contributed by atoms with van der Waals surface area (Å²) in [5, 5.41) is 3.47. The van der Waals surface area contributed by atoms with Gasteiger partial charge in [-0.3, -0.25) is 9.59 Å². The summed E-state index contributed by atoms with van der Waals surface area (Å²) in [6.07, 6.45) is 0. The van der Waals surface area contributed by atoms with E-state index in [1.54, 1.807) is 36.4 Å². The first-order chi connectivity index (χ1) is 11.1. The van der Waals surface area contributed by atoms with E-state index in [0.29, 0.717) is 22.6 Å². The van der Waals surface area contributed by atoms with Crippen LogP contribution in [0.1, 0.15) is 20.9 Å². The zero-order chi connectivity index (χ0) is 16.4. The predicted molar refractivity (Wildman–Crippen MR) is 85.7 cm³/mol. The Labute approximate surface area is 131 Å². The van der Waals surface area contributed by atoms with Crippen molar-refractivity contribution in [3.8, 4) is 5.75 Å². The number of carbonyl (C=O) groups excluding carboxylic acids is 2. The maximum absolute atomic E-state index is 12.3. The van der Waals surface area contributed by atoms with Gasteiger partial charge in [-0.1, -0.05) is 12.1 Å². The second kappa shape index (κ2) is 5.84. The Morgan fingerprint density at radius 2 is 1.87 bits per heavy atom. The molecule has 0 aliphatic heterocycles. The van der Waals surface area contributed by atoms with Crippen LogP contribution in [0.4, 0.5) is 5.69 Å². The van der Waals surface area contributed by atoms with E-state index < -0.39 is 11.8 Å². The third-order valence-corrected chi connectivity index (χ3v) is 3.38. The molecule has 0 spiro atoms. The van der Waals surface area contributed by atoms with Crippen LogP contribution < -0.4 is 15.8 Å². The summed E-state index contributed by atoms with van der Waals surface area (Å²) in [4.78, 5) is 23.3. The molecule has 3 rings (SSSR count). The minimum Gasteiger partial charge on any atom is -0.493 e. The molecule has 2 amide bonds. The van der Waals surface area contributed by atoms with Crippen LogP contribution >= 0.6 is 0 Å². The van der Waals surface area contributed by atoms with Gasteiger partial charge in [-0.2, -0.15) is 0 Å². The molecular formula is C17H14N2O4. The topological polar surface area (TPSA) is 94.6 Å². The number of methoxy groups -OCH3 is 1. The fourth-order valence-corrected chi connectivity index (χ4v) is 2.22. The summed E-state index contributed by atoms with van der Waals surface area (Å²) < 4.78 is 10.8. The van der Waals surface area contributed by atoms with Crippen LogP contribution in [-0.2, 0) is 0 Å². The average molecular weight is 310 g/mol. The SMILES string of the molecule is COc1cccc2cc(C(=O)Nc3ccc(C(N)=O)cc3)oc12. The molecule has 2 aromatic carbocycles. The lowest BCUT2D eigenvalue weighted by molar-refractivity contribution is 0.0992. The average Bonchev–Trinajstić information content (AvgIpc) is 2.99. The molecule has 0 aliphatic rings. The van der Waals surface area contributed by atoms with E-state index in [4.69, 9.17) is 14.9 Å². The number of nitrogens with one attached hydrogen (secondary N) is 1. The lowest BCUT2D eigenvalue weighted by atomic mass is 10.2. The second-order valence-corrected chi connectivity index (χ2v) is 4.88. The molecule has 0 aliphatic carbocycles. The van der Waals surface area contributed by atoms with Gasteiger partial charge in [0.1, 0.15) is 0 Å². The van der Waals surface area contributed by atoms with Crippen LogP contribution in [0.15, 0.2) is 52.9 Å². The van der Waals surface area contributed by atoms with Crippen molar-refractivity contribution in [3.63, 3.8) is 0 Å². The molecule has 0 bridgehead atoms. The third kappa shape index (κ3) is 2.87. The summed E-state index contributed by atoms with van der Waals surface area (Å²) in [7, 11) is 1.54. The van der Waals surface area contributed by atoms with Crippen molar-refractivity contribution >= 4 is 28.5 Å². The lowest BCUT2D eigenvalue weighted by Crippen LogP contribution is -2.12. The second-order valence-electron chi connectivity index (χ2n) is 4.88. The number of hydrogen-bond acceptors (Lipinski definition) is 4. The minimum atomic E-state index is -0.521. The fraction of sp³-hybridized carbons (Fsp3) is 0.0588. The maximum atomic E-state index is 12.3. The molecule has 1 heterocycles. The van der Waals surface area contributed by atoms with E-state index in [9.17, 15) is 9.59 Å². The van der Waals surface area contributed by atoms with Gasteiger partial charge in [0.2, 0.25) is 5.91 Å². The molecule has 0 saturated heterocycles. The number of amides is 2. The van der Waals surface area contributed by atoms with Gasteiger partial charge in [-0.25, -0.2) is 0 Å².